The summed E-state index contributed by atoms with van der Waals surface area (Å²) in [5.74, 6) is -0.331. The molecule has 1 aromatic carbocycles. The Morgan fingerprint density at radius 2 is 2.11 bits per heavy atom. The fourth-order valence-corrected chi connectivity index (χ4v) is 1.87. The summed E-state index contributed by atoms with van der Waals surface area (Å²) in [4.78, 5) is 11.5. The van der Waals surface area contributed by atoms with Crippen molar-refractivity contribution in [1.82, 2.24) is 0 Å². The molecule has 1 rings (SSSR count). The highest BCUT2D eigenvalue weighted by molar-refractivity contribution is 6.17. The molecule has 0 spiro atoms. The van der Waals surface area contributed by atoms with Crippen LogP contribution in [0.5, 0.6) is 5.75 Å². The highest BCUT2D eigenvalue weighted by Crippen LogP contribution is 2.27. The molecule has 0 heterocycles. The van der Waals surface area contributed by atoms with Gasteiger partial charge in [0.1, 0.15) is 5.75 Å². The van der Waals surface area contributed by atoms with E-state index in [0.29, 0.717) is 16.7 Å². The normalized spacial score (nSPS) is 10.6. The molecule has 19 heavy (non-hydrogen) atoms. The predicted molar refractivity (Wildman–Crippen MR) is 67.7 cm³/mol. The lowest BCUT2D eigenvalue weighted by Gasteiger charge is -2.14. The van der Waals surface area contributed by atoms with Gasteiger partial charge in [-0.3, -0.25) is 4.79 Å². The number of rotatable bonds is 6. The van der Waals surface area contributed by atoms with Crippen molar-refractivity contribution >= 4 is 17.6 Å². The van der Waals surface area contributed by atoms with Crippen LogP contribution in [-0.4, -0.2) is 19.2 Å². The summed E-state index contributed by atoms with van der Waals surface area (Å²) in [7, 11) is 0. The van der Waals surface area contributed by atoms with Crippen molar-refractivity contribution in [3.63, 3.8) is 0 Å². The van der Waals surface area contributed by atoms with E-state index in [1.807, 2.05) is 0 Å². The van der Waals surface area contributed by atoms with E-state index < -0.39 is 12.6 Å². The monoisotopic (exact) mass is 292 g/mol. The molecule has 0 aliphatic rings. The molecule has 0 aromatic heterocycles. The molecule has 0 aliphatic heterocycles. The second-order valence-corrected chi connectivity index (χ2v) is 4.15. The molecule has 0 fully saturated rings. The molecule has 0 saturated carbocycles. The summed E-state index contributed by atoms with van der Waals surface area (Å²) in [6.07, 6.45) is -0.107. The minimum Gasteiger partial charge on any atom is -0.466 e. The first-order chi connectivity index (χ1) is 8.97. The van der Waals surface area contributed by atoms with E-state index >= 15 is 0 Å². The highest BCUT2D eigenvalue weighted by atomic mass is 35.5. The molecule has 0 bridgehead atoms. The van der Waals surface area contributed by atoms with E-state index in [2.05, 4.69) is 4.74 Å². The second-order valence-electron chi connectivity index (χ2n) is 3.88. The standard InChI is InChI=1S/C13H15ClF2O3/c1-3-18-12(17)6-10-8(2)4-9(7-14)5-11(10)19-13(15)16/h4-5,13H,3,6-7H2,1-2H3. The van der Waals surface area contributed by atoms with Crippen LogP contribution in [-0.2, 0) is 21.8 Å². The fraction of sp³-hybridized carbons (Fsp3) is 0.462. The van der Waals surface area contributed by atoms with Gasteiger partial charge in [0.05, 0.1) is 13.0 Å². The maximum Gasteiger partial charge on any atom is 0.387 e. The van der Waals surface area contributed by atoms with Crippen LogP contribution >= 0.6 is 11.6 Å². The molecule has 0 unspecified atom stereocenters. The van der Waals surface area contributed by atoms with Crippen LogP contribution in [0.3, 0.4) is 0 Å². The summed E-state index contributed by atoms with van der Waals surface area (Å²) in [6, 6.07) is 3.15. The summed E-state index contributed by atoms with van der Waals surface area (Å²) in [5.41, 5.74) is 1.72. The van der Waals surface area contributed by atoms with E-state index in [4.69, 9.17) is 16.3 Å². The Hall–Kier alpha value is -1.36. The zero-order valence-corrected chi connectivity index (χ0v) is 11.5. The van der Waals surface area contributed by atoms with Crippen LogP contribution < -0.4 is 4.74 Å². The maximum atomic E-state index is 12.4. The Kier molecular flexibility index (Phi) is 6.02. The molecule has 0 saturated heterocycles. The van der Waals surface area contributed by atoms with E-state index in [0.717, 1.165) is 0 Å². The van der Waals surface area contributed by atoms with Gasteiger partial charge in [0.2, 0.25) is 0 Å². The van der Waals surface area contributed by atoms with Crippen molar-refractivity contribution in [2.45, 2.75) is 32.8 Å². The van der Waals surface area contributed by atoms with Gasteiger partial charge in [-0.15, -0.1) is 11.6 Å². The first-order valence-electron chi connectivity index (χ1n) is 5.76. The van der Waals surface area contributed by atoms with Crippen molar-refractivity contribution in [2.75, 3.05) is 6.61 Å². The van der Waals surface area contributed by atoms with Crippen molar-refractivity contribution in [1.29, 1.82) is 0 Å². The molecular formula is C13H15ClF2O3. The van der Waals surface area contributed by atoms with Crippen molar-refractivity contribution in [3.05, 3.63) is 28.8 Å². The number of hydrogen-bond acceptors (Lipinski definition) is 3. The Bertz CT molecular complexity index is 450. The molecule has 6 heteroatoms. The molecule has 1 aromatic rings. The first-order valence-corrected chi connectivity index (χ1v) is 6.30. The largest absolute Gasteiger partial charge is 0.466 e. The first kappa shape index (κ1) is 15.7. The van der Waals surface area contributed by atoms with Gasteiger partial charge in [-0.25, -0.2) is 0 Å². The number of carbonyl (C=O) groups is 1. The van der Waals surface area contributed by atoms with Crippen molar-refractivity contribution < 1.29 is 23.0 Å². The van der Waals surface area contributed by atoms with E-state index in [1.165, 1.54) is 6.07 Å². The summed E-state index contributed by atoms with van der Waals surface area (Å²) >= 11 is 5.68. The van der Waals surface area contributed by atoms with Crippen LogP contribution in [0.4, 0.5) is 8.78 Å². The van der Waals surface area contributed by atoms with Crippen LogP contribution in [0.25, 0.3) is 0 Å². The smallest absolute Gasteiger partial charge is 0.387 e. The van der Waals surface area contributed by atoms with Gasteiger partial charge in [-0.05, 0) is 31.0 Å². The van der Waals surface area contributed by atoms with Crippen LogP contribution in [0.2, 0.25) is 0 Å². The predicted octanol–water partition coefficient (Wildman–Crippen LogP) is 3.44. The lowest BCUT2D eigenvalue weighted by atomic mass is 10.0. The minimum absolute atomic E-state index is 0.0290. The molecule has 0 N–H and O–H groups in total. The van der Waals surface area contributed by atoms with Crippen molar-refractivity contribution in [2.24, 2.45) is 0 Å². The number of carbonyl (C=O) groups excluding carboxylic acids is 1. The van der Waals surface area contributed by atoms with Gasteiger partial charge >= 0.3 is 12.6 Å². The highest BCUT2D eigenvalue weighted by Gasteiger charge is 2.17. The Labute approximate surface area is 115 Å². The molecule has 0 radical (unpaired) electrons. The van der Waals surface area contributed by atoms with Gasteiger partial charge in [0.15, 0.2) is 0 Å². The van der Waals surface area contributed by atoms with Gasteiger partial charge in [-0.1, -0.05) is 6.07 Å². The third kappa shape index (κ3) is 4.67. The molecule has 106 valence electrons. The van der Waals surface area contributed by atoms with Gasteiger partial charge in [-0.2, -0.15) is 8.78 Å². The molecule has 0 amide bonds. The van der Waals surface area contributed by atoms with Crippen LogP contribution in [0.15, 0.2) is 12.1 Å². The number of esters is 1. The number of ether oxygens (including phenoxy) is 2. The zero-order chi connectivity index (χ0) is 14.4. The van der Waals surface area contributed by atoms with Gasteiger partial charge < -0.3 is 9.47 Å². The molecule has 0 aliphatic carbocycles. The lowest BCUT2D eigenvalue weighted by Crippen LogP contribution is -2.12. The summed E-state index contributed by atoms with van der Waals surface area (Å²) < 4.78 is 34.0. The third-order valence-corrected chi connectivity index (χ3v) is 2.80. The molecule has 0 atom stereocenters. The topological polar surface area (TPSA) is 35.5 Å². The fourth-order valence-electron chi connectivity index (χ4n) is 1.72. The number of benzene rings is 1. The molecular weight excluding hydrogens is 278 g/mol. The quantitative estimate of drug-likeness (QED) is 0.595. The number of halogens is 3. The average Bonchev–Trinajstić information content (AvgIpc) is 2.32. The third-order valence-electron chi connectivity index (χ3n) is 2.49. The Balaban J connectivity index is 3.08. The average molecular weight is 293 g/mol. The SMILES string of the molecule is CCOC(=O)Cc1c(C)cc(CCl)cc1OC(F)F. The summed E-state index contributed by atoms with van der Waals surface area (Å²) in [6.45, 7) is 0.676. The Morgan fingerprint density at radius 3 is 2.63 bits per heavy atom. The van der Waals surface area contributed by atoms with Crippen LogP contribution in [0.1, 0.15) is 23.6 Å². The minimum atomic E-state index is -2.95. The number of aryl methyl sites for hydroxylation is 1. The van der Waals surface area contributed by atoms with Crippen LogP contribution in [0, 0.1) is 6.92 Å². The molecule has 3 nitrogen and oxygen atoms in total. The second kappa shape index (κ2) is 7.28. The zero-order valence-electron chi connectivity index (χ0n) is 10.7. The van der Waals surface area contributed by atoms with E-state index in [-0.39, 0.29) is 24.7 Å². The van der Waals surface area contributed by atoms with E-state index in [1.54, 1.807) is 19.9 Å². The van der Waals surface area contributed by atoms with Crippen molar-refractivity contribution in [3.8, 4) is 5.75 Å². The number of hydrogen-bond donors (Lipinski definition) is 0. The van der Waals surface area contributed by atoms with Gasteiger partial charge in [0.25, 0.3) is 0 Å². The lowest BCUT2D eigenvalue weighted by molar-refractivity contribution is -0.142. The van der Waals surface area contributed by atoms with Gasteiger partial charge in [0, 0.05) is 11.4 Å². The summed E-state index contributed by atoms with van der Waals surface area (Å²) in [5, 5.41) is 0. The number of alkyl halides is 3. The Morgan fingerprint density at radius 1 is 1.42 bits per heavy atom. The van der Waals surface area contributed by atoms with E-state index in [9.17, 15) is 13.6 Å². The maximum absolute atomic E-state index is 12.4.